The third-order valence-electron chi connectivity index (χ3n) is 7.59. The fourth-order valence-corrected chi connectivity index (χ4v) is 38.2. The molecule has 1 fully saturated rings. The summed E-state index contributed by atoms with van der Waals surface area (Å²) in [5.74, 6) is 0. The SMILES string of the molecule is CCC[CH2][Sn]([CH2]CCC)([CH2]CCC)[CH]1C([Si](C)(C)C)C1(C)c1ccccc1. The van der Waals surface area contributed by atoms with E-state index >= 15 is 0 Å². The first-order valence-electron chi connectivity index (χ1n) is 11.8. The van der Waals surface area contributed by atoms with Gasteiger partial charge in [0.1, 0.15) is 0 Å². The summed E-state index contributed by atoms with van der Waals surface area (Å²) in [6, 6.07) is 11.7. The molecular weight excluding hydrogens is 447 g/mol. The van der Waals surface area contributed by atoms with E-state index in [0.29, 0.717) is 5.41 Å². The van der Waals surface area contributed by atoms with Crippen LogP contribution in [0.2, 0.25) is 42.4 Å². The number of hydrogen-bond donors (Lipinski definition) is 0. The normalized spacial score (nSPS) is 25.6. The van der Waals surface area contributed by atoms with Crippen LogP contribution in [0.15, 0.2) is 30.3 Å². The van der Waals surface area contributed by atoms with Crippen LogP contribution >= 0.6 is 0 Å². The number of benzene rings is 1. The van der Waals surface area contributed by atoms with Crippen molar-refractivity contribution in [1.82, 2.24) is 0 Å². The van der Waals surface area contributed by atoms with Gasteiger partial charge in [0.25, 0.3) is 0 Å². The van der Waals surface area contributed by atoms with Gasteiger partial charge in [0, 0.05) is 0 Å². The Morgan fingerprint density at radius 2 is 1.26 bits per heavy atom. The van der Waals surface area contributed by atoms with Gasteiger partial charge in [-0.3, -0.25) is 0 Å². The fraction of sp³-hybridized carbons (Fsp3) is 0.760. The molecular formula is C25H46SiSn. The maximum atomic E-state index is 2.69. The van der Waals surface area contributed by atoms with Crippen LogP contribution in [0.5, 0.6) is 0 Å². The molecule has 0 radical (unpaired) electrons. The third kappa shape index (κ3) is 5.05. The van der Waals surface area contributed by atoms with Crippen LogP contribution in [0.25, 0.3) is 0 Å². The van der Waals surface area contributed by atoms with E-state index in [1.807, 2.05) is 0 Å². The molecule has 1 saturated carbocycles. The van der Waals surface area contributed by atoms with Crippen LogP contribution in [0.4, 0.5) is 0 Å². The zero-order valence-electron chi connectivity index (χ0n) is 19.4. The molecule has 0 amide bonds. The van der Waals surface area contributed by atoms with E-state index in [-0.39, 0.29) is 0 Å². The van der Waals surface area contributed by atoms with E-state index in [1.165, 1.54) is 38.5 Å². The van der Waals surface area contributed by atoms with E-state index in [1.54, 1.807) is 18.9 Å². The van der Waals surface area contributed by atoms with Gasteiger partial charge in [-0.1, -0.05) is 0 Å². The van der Waals surface area contributed by atoms with Crippen molar-refractivity contribution < 1.29 is 0 Å². The molecule has 154 valence electrons. The van der Waals surface area contributed by atoms with Gasteiger partial charge in [0.15, 0.2) is 0 Å². The summed E-state index contributed by atoms with van der Waals surface area (Å²) in [5.41, 5.74) is 3.19. The van der Waals surface area contributed by atoms with E-state index in [0.717, 1.165) is 9.48 Å². The van der Waals surface area contributed by atoms with E-state index < -0.39 is 26.5 Å². The minimum atomic E-state index is -2.23. The molecule has 27 heavy (non-hydrogen) atoms. The number of rotatable bonds is 12. The summed E-state index contributed by atoms with van der Waals surface area (Å²) >= 11 is -2.23. The molecule has 0 aromatic heterocycles. The van der Waals surface area contributed by atoms with Crippen molar-refractivity contribution in [2.75, 3.05) is 0 Å². The van der Waals surface area contributed by atoms with Crippen molar-refractivity contribution in [1.29, 1.82) is 0 Å². The standard InChI is InChI=1S/C13H19Si.3C4H9.Sn/c1-13(10-12(13)14(2,3)4)11-8-6-5-7-9-11;3*1-3-4-2;/h5-10,12H,1-4H3;3*1,3-4H2,2H3;. The Balaban J connectivity index is 2.49. The molecule has 0 spiro atoms. The Bertz CT molecular complexity index is 540. The van der Waals surface area contributed by atoms with Crippen molar-refractivity contribution >= 4 is 26.5 Å². The molecule has 0 nitrogen and oxygen atoms in total. The first-order chi connectivity index (χ1) is 12.8. The first-order valence-corrected chi connectivity index (χ1v) is 23.1. The Morgan fingerprint density at radius 1 is 0.815 bits per heavy atom. The molecule has 0 bridgehead atoms. The first kappa shape index (κ1) is 23.5. The molecule has 3 atom stereocenters. The summed E-state index contributed by atoms with van der Waals surface area (Å²) in [7, 11) is -1.18. The average Bonchev–Trinajstić information content (AvgIpc) is 3.31. The van der Waals surface area contributed by atoms with Gasteiger partial charge >= 0.3 is 176 Å². The zero-order valence-corrected chi connectivity index (χ0v) is 23.3. The van der Waals surface area contributed by atoms with Crippen LogP contribution < -0.4 is 0 Å². The second-order valence-corrected chi connectivity index (χ2v) is 29.8. The Labute approximate surface area is 175 Å². The molecule has 0 heterocycles. The molecule has 1 aromatic carbocycles. The summed E-state index contributed by atoms with van der Waals surface area (Å²) in [5, 5.41) is 0. The summed E-state index contributed by atoms with van der Waals surface area (Å²) in [4.78, 5) is 0. The monoisotopic (exact) mass is 494 g/mol. The minimum absolute atomic E-state index is 0.497. The molecule has 2 rings (SSSR count). The second kappa shape index (κ2) is 9.83. The predicted molar refractivity (Wildman–Crippen MR) is 130 cm³/mol. The van der Waals surface area contributed by atoms with Crippen molar-refractivity contribution in [2.24, 2.45) is 0 Å². The van der Waals surface area contributed by atoms with E-state index in [4.69, 9.17) is 0 Å². The maximum absolute atomic E-state index is 2.69. The van der Waals surface area contributed by atoms with Gasteiger partial charge in [0.05, 0.1) is 0 Å². The van der Waals surface area contributed by atoms with Gasteiger partial charge in [-0.05, 0) is 0 Å². The molecule has 1 aliphatic rings. The average molecular weight is 493 g/mol. The van der Waals surface area contributed by atoms with Gasteiger partial charge in [-0.15, -0.1) is 0 Å². The quantitative estimate of drug-likeness (QED) is 0.255. The van der Waals surface area contributed by atoms with Crippen molar-refractivity contribution in [2.45, 2.75) is 114 Å². The Morgan fingerprint density at radius 3 is 1.63 bits per heavy atom. The molecule has 2 heteroatoms. The summed E-state index contributed by atoms with van der Waals surface area (Å²) in [6.07, 6.45) is 8.69. The fourth-order valence-electron chi connectivity index (χ4n) is 6.49. The topological polar surface area (TPSA) is 0 Å². The molecule has 0 N–H and O–H groups in total. The molecule has 1 aliphatic carbocycles. The van der Waals surface area contributed by atoms with Crippen LogP contribution in [0.1, 0.15) is 71.8 Å². The van der Waals surface area contributed by atoms with Gasteiger partial charge in [-0.25, -0.2) is 0 Å². The summed E-state index contributed by atoms with van der Waals surface area (Å²) < 4.78 is 6.10. The third-order valence-corrected chi connectivity index (χ3v) is 29.3. The van der Waals surface area contributed by atoms with Crippen LogP contribution in [-0.4, -0.2) is 26.5 Å². The molecule has 0 saturated heterocycles. The zero-order chi connectivity index (χ0) is 20.1. The Hall–Kier alpha value is 0.236. The van der Waals surface area contributed by atoms with Crippen molar-refractivity contribution in [3.05, 3.63) is 35.9 Å². The molecule has 1 aromatic rings. The Kier molecular flexibility index (Phi) is 8.56. The van der Waals surface area contributed by atoms with Crippen molar-refractivity contribution in [3.63, 3.8) is 0 Å². The summed E-state index contributed by atoms with van der Waals surface area (Å²) in [6.45, 7) is 17.9. The van der Waals surface area contributed by atoms with Gasteiger partial charge < -0.3 is 0 Å². The van der Waals surface area contributed by atoms with Gasteiger partial charge in [-0.2, -0.15) is 0 Å². The van der Waals surface area contributed by atoms with Crippen LogP contribution in [0.3, 0.4) is 0 Å². The van der Waals surface area contributed by atoms with Crippen LogP contribution in [0, 0.1) is 0 Å². The van der Waals surface area contributed by atoms with E-state index in [9.17, 15) is 0 Å². The molecule has 0 aliphatic heterocycles. The number of hydrogen-bond acceptors (Lipinski definition) is 0. The second-order valence-electron chi connectivity index (χ2n) is 10.6. The molecule has 3 unspecified atom stereocenters. The van der Waals surface area contributed by atoms with Crippen molar-refractivity contribution in [3.8, 4) is 0 Å². The number of unbranched alkanes of at least 4 members (excludes halogenated alkanes) is 3. The predicted octanol–water partition coefficient (Wildman–Crippen LogP) is 8.89. The van der Waals surface area contributed by atoms with Gasteiger partial charge in [0.2, 0.25) is 0 Å². The van der Waals surface area contributed by atoms with E-state index in [2.05, 4.69) is 77.7 Å². The van der Waals surface area contributed by atoms with Crippen LogP contribution in [-0.2, 0) is 5.41 Å².